The predicted octanol–water partition coefficient (Wildman–Crippen LogP) is 3.73. The Labute approximate surface area is 121 Å². The number of hydrogen-bond acceptors (Lipinski definition) is 5. The molecular weight excluding hydrogens is 310 g/mol. The summed E-state index contributed by atoms with van der Waals surface area (Å²) in [5.74, 6) is -1.48. The van der Waals surface area contributed by atoms with Gasteiger partial charge in [0.05, 0.1) is 5.56 Å². The topological polar surface area (TPSA) is 61.0 Å². The molecule has 4 nitrogen and oxygen atoms in total. The number of thioether (sulfide) groups is 1. The maximum absolute atomic E-state index is 13.2. The van der Waals surface area contributed by atoms with E-state index in [1.54, 1.807) is 6.26 Å². The molecule has 112 valence electrons. The molecule has 2 aromatic rings. The van der Waals surface area contributed by atoms with Crippen LogP contribution in [-0.4, -0.2) is 16.2 Å². The average Bonchev–Trinajstić information content (AvgIpc) is 2.39. The van der Waals surface area contributed by atoms with Gasteiger partial charge in [-0.25, -0.2) is 9.37 Å². The number of rotatable bonds is 3. The second-order valence-corrected chi connectivity index (χ2v) is 4.63. The van der Waals surface area contributed by atoms with Gasteiger partial charge in [-0.2, -0.15) is 18.2 Å². The Kier molecular flexibility index (Phi) is 4.21. The number of nitrogen functional groups attached to an aromatic ring is 1. The number of aromatic nitrogens is 2. The zero-order valence-electron chi connectivity index (χ0n) is 10.6. The first-order valence-electron chi connectivity index (χ1n) is 5.53. The van der Waals surface area contributed by atoms with Crippen LogP contribution in [0.3, 0.4) is 0 Å². The lowest BCUT2D eigenvalue weighted by atomic mass is 10.2. The minimum Gasteiger partial charge on any atom is -0.439 e. The van der Waals surface area contributed by atoms with E-state index in [9.17, 15) is 17.6 Å². The van der Waals surface area contributed by atoms with E-state index in [-0.39, 0.29) is 17.4 Å². The van der Waals surface area contributed by atoms with Gasteiger partial charge in [-0.1, -0.05) is 11.8 Å². The highest BCUT2D eigenvalue weighted by atomic mass is 32.2. The van der Waals surface area contributed by atoms with Crippen LogP contribution in [-0.2, 0) is 6.18 Å². The van der Waals surface area contributed by atoms with E-state index in [1.165, 1.54) is 17.8 Å². The molecule has 0 saturated heterocycles. The molecule has 0 aliphatic rings. The van der Waals surface area contributed by atoms with Crippen molar-refractivity contribution in [3.8, 4) is 11.6 Å². The molecule has 0 radical (unpaired) electrons. The van der Waals surface area contributed by atoms with Gasteiger partial charge in [0.2, 0.25) is 5.88 Å². The van der Waals surface area contributed by atoms with E-state index in [0.717, 1.165) is 6.07 Å². The van der Waals surface area contributed by atoms with Crippen LogP contribution < -0.4 is 10.5 Å². The van der Waals surface area contributed by atoms with Crippen LogP contribution in [0.25, 0.3) is 0 Å². The maximum Gasteiger partial charge on any atom is 0.419 e. The average molecular weight is 319 g/mol. The van der Waals surface area contributed by atoms with Crippen LogP contribution in [0, 0.1) is 5.82 Å². The lowest BCUT2D eigenvalue weighted by molar-refractivity contribution is -0.140. The minimum absolute atomic E-state index is 0.0217. The van der Waals surface area contributed by atoms with Gasteiger partial charge < -0.3 is 10.5 Å². The second-order valence-electron chi connectivity index (χ2n) is 3.86. The van der Waals surface area contributed by atoms with Gasteiger partial charge in [-0.05, 0) is 24.5 Å². The molecule has 0 fully saturated rings. The van der Waals surface area contributed by atoms with Gasteiger partial charge in [0.25, 0.3) is 0 Å². The summed E-state index contributed by atoms with van der Waals surface area (Å²) in [6.07, 6.45) is -3.10. The number of benzene rings is 1. The number of halogens is 4. The molecule has 0 unspecified atom stereocenters. The van der Waals surface area contributed by atoms with E-state index >= 15 is 0 Å². The minimum atomic E-state index is -4.81. The van der Waals surface area contributed by atoms with Crippen molar-refractivity contribution in [1.29, 1.82) is 0 Å². The Hall–Kier alpha value is -2.03. The summed E-state index contributed by atoms with van der Waals surface area (Å²) in [5.41, 5.74) is 4.12. The lowest BCUT2D eigenvalue weighted by Crippen LogP contribution is -2.08. The second kappa shape index (κ2) is 5.76. The largest absolute Gasteiger partial charge is 0.439 e. The van der Waals surface area contributed by atoms with Crippen molar-refractivity contribution in [2.24, 2.45) is 0 Å². The summed E-state index contributed by atoms with van der Waals surface area (Å²) in [6, 6.07) is 3.57. The number of nitrogens with zero attached hydrogens (tertiary/aromatic N) is 2. The Morgan fingerprint density at radius 2 is 1.90 bits per heavy atom. The van der Waals surface area contributed by atoms with Gasteiger partial charge in [0, 0.05) is 6.07 Å². The van der Waals surface area contributed by atoms with Crippen LogP contribution >= 0.6 is 11.8 Å². The molecule has 1 heterocycles. The molecule has 0 aliphatic carbocycles. The third-order valence-electron chi connectivity index (χ3n) is 2.35. The standard InChI is InChI=1S/C12H9F4N3OS/c1-21-11-18-9(17)5-10(19-11)20-6-2-3-8(13)7(4-6)12(14,15)16/h2-5H,1H3,(H2,17,18,19). The van der Waals surface area contributed by atoms with E-state index in [0.29, 0.717) is 17.3 Å². The van der Waals surface area contributed by atoms with Crippen LogP contribution in [0.4, 0.5) is 23.4 Å². The molecule has 0 bridgehead atoms. The number of alkyl halides is 3. The molecule has 21 heavy (non-hydrogen) atoms. The number of nitrogens with two attached hydrogens (primary N) is 1. The molecule has 1 aromatic heterocycles. The highest BCUT2D eigenvalue weighted by Crippen LogP contribution is 2.34. The van der Waals surface area contributed by atoms with Crippen LogP contribution in [0.5, 0.6) is 11.6 Å². The SMILES string of the molecule is CSc1nc(N)cc(Oc2ccc(F)c(C(F)(F)F)c2)n1. The maximum atomic E-state index is 13.2. The number of hydrogen-bond donors (Lipinski definition) is 1. The fourth-order valence-corrected chi connectivity index (χ4v) is 1.85. The highest BCUT2D eigenvalue weighted by Gasteiger charge is 2.34. The van der Waals surface area contributed by atoms with Crippen molar-refractivity contribution >= 4 is 17.6 Å². The van der Waals surface area contributed by atoms with Gasteiger partial charge in [0.1, 0.15) is 17.4 Å². The normalized spacial score (nSPS) is 11.5. The third kappa shape index (κ3) is 3.75. The molecule has 0 aliphatic heterocycles. The van der Waals surface area contributed by atoms with Crippen molar-refractivity contribution in [3.63, 3.8) is 0 Å². The fraction of sp³-hybridized carbons (Fsp3) is 0.167. The molecular formula is C12H9F4N3OS. The van der Waals surface area contributed by atoms with E-state index in [1.807, 2.05) is 0 Å². The molecule has 2 rings (SSSR count). The molecule has 2 N–H and O–H groups in total. The first-order valence-corrected chi connectivity index (χ1v) is 6.75. The predicted molar refractivity (Wildman–Crippen MR) is 69.7 cm³/mol. The third-order valence-corrected chi connectivity index (χ3v) is 2.90. The van der Waals surface area contributed by atoms with Crippen molar-refractivity contribution in [2.75, 3.05) is 12.0 Å². The Morgan fingerprint density at radius 1 is 1.19 bits per heavy atom. The molecule has 0 spiro atoms. The van der Waals surface area contributed by atoms with E-state index in [2.05, 4.69) is 9.97 Å². The Bertz CT molecular complexity index is 663. The van der Waals surface area contributed by atoms with Crippen LogP contribution in [0.15, 0.2) is 29.4 Å². The summed E-state index contributed by atoms with van der Waals surface area (Å²) >= 11 is 1.20. The Balaban J connectivity index is 2.34. The first kappa shape index (κ1) is 15.4. The fourth-order valence-electron chi connectivity index (χ4n) is 1.47. The summed E-state index contributed by atoms with van der Waals surface area (Å²) in [7, 11) is 0. The quantitative estimate of drug-likeness (QED) is 0.530. The van der Waals surface area contributed by atoms with Crippen LogP contribution in [0.1, 0.15) is 5.56 Å². The van der Waals surface area contributed by atoms with Gasteiger partial charge in [-0.15, -0.1) is 0 Å². The van der Waals surface area contributed by atoms with Crippen LogP contribution in [0.2, 0.25) is 0 Å². The monoisotopic (exact) mass is 319 g/mol. The van der Waals surface area contributed by atoms with Gasteiger partial charge in [0.15, 0.2) is 5.16 Å². The first-order chi connectivity index (χ1) is 9.79. The van der Waals surface area contributed by atoms with E-state index < -0.39 is 17.6 Å². The molecule has 1 aromatic carbocycles. The highest BCUT2D eigenvalue weighted by molar-refractivity contribution is 7.98. The molecule has 0 atom stereocenters. The molecule has 9 heteroatoms. The summed E-state index contributed by atoms with van der Waals surface area (Å²) < 4.78 is 56.2. The zero-order valence-corrected chi connectivity index (χ0v) is 11.4. The van der Waals surface area contributed by atoms with Crippen molar-refractivity contribution in [2.45, 2.75) is 11.3 Å². The summed E-state index contributed by atoms with van der Waals surface area (Å²) in [5, 5.41) is 0.308. The van der Waals surface area contributed by atoms with Gasteiger partial charge >= 0.3 is 6.18 Å². The lowest BCUT2D eigenvalue weighted by Gasteiger charge is -2.11. The van der Waals surface area contributed by atoms with Gasteiger partial charge in [-0.3, -0.25) is 0 Å². The number of ether oxygens (including phenoxy) is 1. The van der Waals surface area contributed by atoms with Crippen molar-refractivity contribution in [1.82, 2.24) is 9.97 Å². The Morgan fingerprint density at radius 3 is 2.52 bits per heavy atom. The van der Waals surface area contributed by atoms with Crippen molar-refractivity contribution < 1.29 is 22.3 Å². The van der Waals surface area contributed by atoms with E-state index in [4.69, 9.17) is 10.5 Å². The summed E-state index contributed by atoms with van der Waals surface area (Å²) in [6.45, 7) is 0. The summed E-state index contributed by atoms with van der Waals surface area (Å²) in [4.78, 5) is 7.81. The molecule has 0 saturated carbocycles. The zero-order chi connectivity index (χ0) is 15.6. The smallest absolute Gasteiger partial charge is 0.419 e. The van der Waals surface area contributed by atoms with Crippen molar-refractivity contribution in [3.05, 3.63) is 35.6 Å². The number of anilines is 1. The molecule has 0 amide bonds.